The summed E-state index contributed by atoms with van der Waals surface area (Å²) in [5.41, 5.74) is 7.59. The molecule has 1 aromatic heterocycles. The van der Waals surface area contributed by atoms with Crippen LogP contribution in [0.15, 0.2) is 71.1 Å². The SMILES string of the molecule is CC1(C)CCC(C)(C)c2cc3c(cc21)oc1cccc(-c2ccc4cc(Cl)ccc4c2)c13. The van der Waals surface area contributed by atoms with E-state index in [4.69, 9.17) is 16.0 Å². The summed E-state index contributed by atoms with van der Waals surface area (Å²) in [6.45, 7) is 9.49. The second-order valence-electron chi connectivity index (χ2n) is 10.6. The van der Waals surface area contributed by atoms with Crippen molar-refractivity contribution < 1.29 is 4.42 Å². The van der Waals surface area contributed by atoms with Gasteiger partial charge in [-0.1, -0.05) is 69.6 Å². The molecule has 4 aromatic carbocycles. The van der Waals surface area contributed by atoms with Crippen molar-refractivity contribution in [1.29, 1.82) is 0 Å². The van der Waals surface area contributed by atoms with E-state index in [9.17, 15) is 0 Å². The van der Waals surface area contributed by atoms with E-state index in [1.807, 2.05) is 12.1 Å². The lowest BCUT2D eigenvalue weighted by molar-refractivity contribution is 0.332. The largest absolute Gasteiger partial charge is 0.456 e. The predicted octanol–water partition coefficient (Wildman–Crippen LogP) is 9.41. The fraction of sp³-hybridized carbons (Fsp3) is 0.267. The van der Waals surface area contributed by atoms with Crippen LogP contribution in [0.2, 0.25) is 5.02 Å². The van der Waals surface area contributed by atoms with E-state index in [0.717, 1.165) is 21.6 Å². The van der Waals surface area contributed by atoms with Crippen molar-refractivity contribution in [3.05, 3.63) is 82.9 Å². The van der Waals surface area contributed by atoms with Crippen LogP contribution in [0, 0.1) is 0 Å². The van der Waals surface area contributed by atoms with Crippen molar-refractivity contribution in [3.8, 4) is 11.1 Å². The highest BCUT2D eigenvalue weighted by atomic mass is 35.5. The Labute approximate surface area is 194 Å². The molecule has 6 rings (SSSR count). The first-order chi connectivity index (χ1) is 15.2. The quantitative estimate of drug-likeness (QED) is 0.254. The first-order valence-electron chi connectivity index (χ1n) is 11.4. The molecule has 1 heterocycles. The van der Waals surface area contributed by atoms with Gasteiger partial charge in [0.05, 0.1) is 0 Å². The molecular weight excluding hydrogens is 412 g/mol. The highest BCUT2D eigenvalue weighted by molar-refractivity contribution is 6.31. The highest BCUT2D eigenvalue weighted by Crippen LogP contribution is 2.49. The van der Waals surface area contributed by atoms with Gasteiger partial charge < -0.3 is 4.42 Å². The molecule has 0 fully saturated rings. The van der Waals surface area contributed by atoms with Crippen molar-refractivity contribution in [2.75, 3.05) is 0 Å². The topological polar surface area (TPSA) is 13.1 Å². The summed E-state index contributed by atoms with van der Waals surface area (Å²) in [6, 6.07) is 23.8. The van der Waals surface area contributed by atoms with E-state index < -0.39 is 0 Å². The minimum Gasteiger partial charge on any atom is -0.456 e. The van der Waals surface area contributed by atoms with Gasteiger partial charge in [0.15, 0.2) is 0 Å². The predicted molar refractivity (Wildman–Crippen MR) is 137 cm³/mol. The smallest absolute Gasteiger partial charge is 0.136 e. The zero-order chi connectivity index (χ0) is 22.3. The van der Waals surface area contributed by atoms with Gasteiger partial charge in [-0.15, -0.1) is 0 Å². The lowest BCUT2D eigenvalue weighted by atomic mass is 9.63. The molecule has 32 heavy (non-hydrogen) atoms. The van der Waals surface area contributed by atoms with E-state index in [-0.39, 0.29) is 10.8 Å². The summed E-state index contributed by atoms with van der Waals surface area (Å²) in [5, 5.41) is 5.54. The standard InChI is InChI=1S/C30H27ClO/c1-29(2)12-13-30(3,4)25-17-27-23(16-24(25)29)28-22(6-5-7-26(28)32-27)20-9-8-19-15-21(31)11-10-18(19)14-20/h5-11,14-17H,12-13H2,1-4H3. The number of hydrogen-bond acceptors (Lipinski definition) is 1. The van der Waals surface area contributed by atoms with Crippen LogP contribution in [0.3, 0.4) is 0 Å². The van der Waals surface area contributed by atoms with Crippen molar-refractivity contribution >= 4 is 44.3 Å². The number of rotatable bonds is 1. The van der Waals surface area contributed by atoms with Gasteiger partial charge in [0, 0.05) is 15.8 Å². The van der Waals surface area contributed by atoms with E-state index >= 15 is 0 Å². The molecule has 5 aromatic rings. The molecule has 0 bridgehead atoms. The molecule has 160 valence electrons. The number of benzene rings is 4. The van der Waals surface area contributed by atoms with E-state index in [2.05, 4.69) is 82.3 Å². The van der Waals surface area contributed by atoms with Crippen LogP contribution in [0.4, 0.5) is 0 Å². The van der Waals surface area contributed by atoms with Gasteiger partial charge in [-0.2, -0.15) is 0 Å². The summed E-state index contributed by atoms with van der Waals surface area (Å²) in [4.78, 5) is 0. The number of furan rings is 1. The van der Waals surface area contributed by atoms with Crippen LogP contribution in [0.25, 0.3) is 43.8 Å². The molecule has 0 atom stereocenters. The molecule has 0 saturated heterocycles. The maximum Gasteiger partial charge on any atom is 0.136 e. The molecule has 1 aliphatic carbocycles. The monoisotopic (exact) mass is 438 g/mol. The molecule has 1 nitrogen and oxygen atoms in total. The lowest BCUT2D eigenvalue weighted by Gasteiger charge is -2.41. The van der Waals surface area contributed by atoms with Gasteiger partial charge in [0.1, 0.15) is 11.2 Å². The van der Waals surface area contributed by atoms with Crippen LogP contribution in [-0.4, -0.2) is 0 Å². The van der Waals surface area contributed by atoms with Crippen LogP contribution >= 0.6 is 11.6 Å². The van der Waals surface area contributed by atoms with Gasteiger partial charge >= 0.3 is 0 Å². The minimum atomic E-state index is 0.166. The van der Waals surface area contributed by atoms with Crippen LogP contribution in [0.1, 0.15) is 51.7 Å². The fourth-order valence-electron chi connectivity index (χ4n) is 5.51. The van der Waals surface area contributed by atoms with E-state index in [1.165, 1.54) is 51.3 Å². The third-order valence-electron chi connectivity index (χ3n) is 7.58. The molecule has 0 radical (unpaired) electrons. The van der Waals surface area contributed by atoms with Crippen LogP contribution in [-0.2, 0) is 10.8 Å². The second-order valence-corrected chi connectivity index (χ2v) is 11.1. The maximum atomic E-state index is 6.43. The van der Waals surface area contributed by atoms with E-state index in [0.29, 0.717) is 0 Å². The molecule has 0 unspecified atom stereocenters. The van der Waals surface area contributed by atoms with Gasteiger partial charge in [0.2, 0.25) is 0 Å². The summed E-state index contributed by atoms with van der Waals surface area (Å²) in [6.07, 6.45) is 2.40. The Morgan fingerprint density at radius 3 is 2.19 bits per heavy atom. The Bertz CT molecular complexity index is 1530. The number of hydrogen-bond donors (Lipinski definition) is 0. The Morgan fingerprint density at radius 2 is 1.41 bits per heavy atom. The Kier molecular flexibility index (Phi) is 4.11. The highest BCUT2D eigenvalue weighted by Gasteiger charge is 2.37. The molecule has 1 aliphatic rings. The maximum absolute atomic E-state index is 6.43. The number of halogens is 1. The number of fused-ring (bicyclic) bond motifs is 5. The summed E-state index contributed by atoms with van der Waals surface area (Å²) >= 11 is 6.19. The third-order valence-corrected chi connectivity index (χ3v) is 7.82. The summed E-state index contributed by atoms with van der Waals surface area (Å²) in [7, 11) is 0. The van der Waals surface area contributed by atoms with Crippen molar-refractivity contribution in [2.45, 2.75) is 51.4 Å². The molecule has 2 heteroatoms. The summed E-state index contributed by atoms with van der Waals surface area (Å²) < 4.78 is 6.43. The van der Waals surface area contributed by atoms with Crippen molar-refractivity contribution in [3.63, 3.8) is 0 Å². The lowest BCUT2D eigenvalue weighted by Crippen LogP contribution is -2.33. The van der Waals surface area contributed by atoms with Crippen molar-refractivity contribution in [1.82, 2.24) is 0 Å². The van der Waals surface area contributed by atoms with Crippen molar-refractivity contribution in [2.24, 2.45) is 0 Å². The average Bonchev–Trinajstić information content (AvgIpc) is 3.14. The first kappa shape index (κ1) is 19.9. The average molecular weight is 439 g/mol. The Morgan fingerprint density at radius 1 is 0.719 bits per heavy atom. The van der Waals surface area contributed by atoms with E-state index in [1.54, 1.807) is 0 Å². The zero-order valence-corrected chi connectivity index (χ0v) is 19.8. The van der Waals surface area contributed by atoms with Gasteiger partial charge in [-0.3, -0.25) is 0 Å². The van der Waals surface area contributed by atoms with Gasteiger partial charge in [0.25, 0.3) is 0 Å². The molecule has 0 spiro atoms. The van der Waals surface area contributed by atoms with Crippen LogP contribution < -0.4 is 0 Å². The summed E-state index contributed by atoms with van der Waals surface area (Å²) in [5.74, 6) is 0. The first-order valence-corrected chi connectivity index (χ1v) is 11.8. The van der Waals surface area contributed by atoms with Gasteiger partial charge in [-0.05, 0) is 93.1 Å². The minimum absolute atomic E-state index is 0.166. The normalized spacial score (nSPS) is 17.2. The van der Waals surface area contributed by atoms with Crippen LogP contribution in [0.5, 0.6) is 0 Å². The third kappa shape index (κ3) is 2.91. The molecule has 0 amide bonds. The fourth-order valence-corrected chi connectivity index (χ4v) is 5.69. The molecule has 0 aliphatic heterocycles. The molecule has 0 saturated carbocycles. The zero-order valence-electron chi connectivity index (χ0n) is 19.1. The molecule has 0 N–H and O–H groups in total. The van der Waals surface area contributed by atoms with Gasteiger partial charge in [-0.25, -0.2) is 0 Å². The molecular formula is C30H27ClO. The Balaban J connectivity index is 1.65. The Hall–Kier alpha value is -2.77. The second kappa shape index (κ2) is 6.62.